The quantitative estimate of drug-likeness (QED) is 0.244. The first kappa shape index (κ1) is 23.7. The third kappa shape index (κ3) is 3.68. The SMILES string of the molecule is CCCCn1c2ccccc2n2c(C(=O)N=Nc3c(O)n(C)c4ccc(C)cc34)c(-c3ccccc3)nc12. The highest BCUT2D eigenvalue weighted by Gasteiger charge is 2.26. The lowest BCUT2D eigenvalue weighted by Crippen LogP contribution is -2.02. The van der Waals surface area contributed by atoms with Crippen molar-refractivity contribution < 1.29 is 9.90 Å². The Morgan fingerprint density at radius 3 is 2.47 bits per heavy atom. The van der Waals surface area contributed by atoms with Gasteiger partial charge in [-0.05, 0) is 37.6 Å². The van der Waals surface area contributed by atoms with E-state index in [1.165, 1.54) is 0 Å². The van der Waals surface area contributed by atoms with Crippen LogP contribution in [-0.4, -0.2) is 29.5 Å². The number of rotatable bonds is 6. The van der Waals surface area contributed by atoms with Crippen molar-refractivity contribution >= 4 is 39.3 Å². The van der Waals surface area contributed by atoms with E-state index in [4.69, 9.17) is 4.98 Å². The molecule has 0 aliphatic rings. The van der Waals surface area contributed by atoms with E-state index in [-0.39, 0.29) is 11.6 Å². The largest absolute Gasteiger partial charge is 0.493 e. The summed E-state index contributed by atoms with van der Waals surface area (Å²) in [5.74, 6) is 0.125. The van der Waals surface area contributed by atoms with Gasteiger partial charge in [0, 0.05) is 24.5 Å². The molecule has 0 bridgehead atoms. The number of hydrogen-bond acceptors (Lipinski definition) is 4. The fraction of sp³-hybridized carbons (Fsp3) is 0.200. The van der Waals surface area contributed by atoms with Crippen molar-refractivity contribution in [2.24, 2.45) is 17.3 Å². The van der Waals surface area contributed by atoms with Crippen molar-refractivity contribution in [1.82, 2.24) is 18.5 Å². The van der Waals surface area contributed by atoms with E-state index in [2.05, 4.69) is 21.7 Å². The zero-order valence-corrected chi connectivity index (χ0v) is 21.6. The molecule has 0 unspecified atom stereocenters. The highest BCUT2D eigenvalue weighted by Crippen LogP contribution is 2.39. The molecule has 1 amide bonds. The van der Waals surface area contributed by atoms with E-state index in [0.717, 1.165) is 52.4 Å². The number of para-hydroxylation sites is 2. The molecule has 38 heavy (non-hydrogen) atoms. The van der Waals surface area contributed by atoms with Crippen LogP contribution in [0.2, 0.25) is 0 Å². The number of fused-ring (bicyclic) bond motifs is 4. The third-order valence-electron chi connectivity index (χ3n) is 7.04. The monoisotopic (exact) mass is 504 g/mol. The number of unbranched alkanes of at least 4 members (excludes halogenated alkanes) is 1. The normalized spacial score (nSPS) is 12.0. The number of aryl methyl sites for hydroxylation is 3. The summed E-state index contributed by atoms with van der Waals surface area (Å²) < 4.78 is 5.70. The van der Waals surface area contributed by atoms with Crippen LogP contribution in [0.1, 0.15) is 35.8 Å². The van der Waals surface area contributed by atoms with Gasteiger partial charge >= 0.3 is 5.91 Å². The average Bonchev–Trinajstić information content (AvgIpc) is 3.54. The third-order valence-corrected chi connectivity index (χ3v) is 7.04. The summed E-state index contributed by atoms with van der Waals surface area (Å²) in [5.41, 5.74) is 5.72. The lowest BCUT2D eigenvalue weighted by atomic mass is 10.1. The molecule has 0 atom stereocenters. The minimum Gasteiger partial charge on any atom is -0.493 e. The number of benzene rings is 3. The van der Waals surface area contributed by atoms with Gasteiger partial charge < -0.3 is 14.2 Å². The predicted octanol–water partition coefficient (Wildman–Crippen LogP) is 7.19. The van der Waals surface area contributed by atoms with Crippen LogP contribution in [0.3, 0.4) is 0 Å². The molecular weight excluding hydrogens is 476 g/mol. The van der Waals surface area contributed by atoms with Crippen molar-refractivity contribution in [3.05, 3.63) is 84.1 Å². The van der Waals surface area contributed by atoms with Gasteiger partial charge in [0.1, 0.15) is 11.4 Å². The van der Waals surface area contributed by atoms with Crippen molar-refractivity contribution in [3.8, 4) is 17.1 Å². The topological polar surface area (TPSA) is 89.2 Å². The van der Waals surface area contributed by atoms with E-state index in [9.17, 15) is 9.90 Å². The number of carbonyl (C=O) groups excluding carboxylic acids is 1. The first-order chi connectivity index (χ1) is 18.5. The van der Waals surface area contributed by atoms with Gasteiger partial charge in [-0.25, -0.2) is 4.98 Å². The van der Waals surface area contributed by atoms with Crippen LogP contribution in [0.5, 0.6) is 5.88 Å². The van der Waals surface area contributed by atoms with E-state index in [0.29, 0.717) is 17.2 Å². The van der Waals surface area contributed by atoms with E-state index in [1.54, 1.807) is 11.6 Å². The standard InChI is InChI=1S/C30H28N6O2/c1-4-5-17-35-23-13-9-10-14-24(23)36-27(25(31-30(35)36)20-11-7-6-8-12-20)28(37)33-32-26-21-18-19(2)15-16-22(21)34(3)29(26)38/h6-16,18,38H,4-5,17H2,1-3H3. The van der Waals surface area contributed by atoms with Gasteiger partial charge in [-0.2, -0.15) is 0 Å². The summed E-state index contributed by atoms with van der Waals surface area (Å²) in [7, 11) is 1.76. The maximum Gasteiger partial charge on any atom is 0.314 e. The number of aromatic hydroxyl groups is 1. The number of azo groups is 1. The molecule has 3 aromatic carbocycles. The van der Waals surface area contributed by atoms with Crippen LogP contribution in [0.15, 0.2) is 83.0 Å². The smallest absolute Gasteiger partial charge is 0.314 e. The Kier molecular flexibility index (Phi) is 5.79. The number of carbonyl (C=O) groups is 1. The molecule has 1 N–H and O–H groups in total. The average molecular weight is 505 g/mol. The maximum absolute atomic E-state index is 13.9. The number of hydrogen-bond donors (Lipinski definition) is 1. The summed E-state index contributed by atoms with van der Waals surface area (Å²) in [4.78, 5) is 18.8. The summed E-state index contributed by atoms with van der Waals surface area (Å²) >= 11 is 0. The Morgan fingerprint density at radius 2 is 1.71 bits per heavy atom. The molecule has 3 aromatic heterocycles. The zero-order chi connectivity index (χ0) is 26.4. The number of imidazole rings is 2. The predicted molar refractivity (Wildman–Crippen MR) is 149 cm³/mol. The van der Waals surface area contributed by atoms with Gasteiger partial charge in [0.2, 0.25) is 11.7 Å². The number of nitrogens with zero attached hydrogens (tertiary/aromatic N) is 6. The van der Waals surface area contributed by atoms with E-state index in [1.807, 2.05) is 84.1 Å². The second-order valence-electron chi connectivity index (χ2n) is 9.56. The van der Waals surface area contributed by atoms with E-state index >= 15 is 0 Å². The highest BCUT2D eigenvalue weighted by molar-refractivity contribution is 6.03. The van der Waals surface area contributed by atoms with Gasteiger partial charge in [-0.1, -0.05) is 67.4 Å². The number of amides is 1. The molecule has 6 aromatic rings. The molecular formula is C30H28N6O2. The molecule has 0 radical (unpaired) electrons. The summed E-state index contributed by atoms with van der Waals surface area (Å²) in [6, 6.07) is 23.5. The lowest BCUT2D eigenvalue weighted by molar-refractivity contribution is 0.0990. The number of aromatic nitrogens is 4. The second kappa shape index (κ2) is 9.30. The van der Waals surface area contributed by atoms with Crippen LogP contribution in [0, 0.1) is 6.92 Å². The molecule has 0 aliphatic carbocycles. The molecule has 0 aliphatic heterocycles. The highest BCUT2D eigenvalue weighted by atomic mass is 16.3. The molecule has 0 spiro atoms. The van der Waals surface area contributed by atoms with Crippen molar-refractivity contribution in [3.63, 3.8) is 0 Å². The van der Waals surface area contributed by atoms with Gasteiger partial charge in [-0.3, -0.25) is 9.20 Å². The van der Waals surface area contributed by atoms with Crippen molar-refractivity contribution in [2.45, 2.75) is 33.2 Å². The van der Waals surface area contributed by atoms with Crippen LogP contribution >= 0.6 is 0 Å². The van der Waals surface area contributed by atoms with Crippen molar-refractivity contribution in [2.75, 3.05) is 0 Å². The molecule has 0 fully saturated rings. The summed E-state index contributed by atoms with van der Waals surface area (Å²) in [6.45, 7) is 4.92. The van der Waals surface area contributed by atoms with Crippen LogP contribution < -0.4 is 0 Å². The first-order valence-electron chi connectivity index (χ1n) is 12.8. The Hall–Kier alpha value is -4.72. The van der Waals surface area contributed by atoms with Crippen LogP contribution in [0.4, 0.5) is 5.69 Å². The molecule has 0 saturated heterocycles. The molecule has 8 heteroatoms. The molecule has 3 heterocycles. The van der Waals surface area contributed by atoms with Crippen LogP contribution in [-0.2, 0) is 13.6 Å². The molecule has 6 rings (SSSR count). The van der Waals surface area contributed by atoms with Crippen molar-refractivity contribution in [1.29, 1.82) is 0 Å². The second-order valence-corrected chi connectivity index (χ2v) is 9.56. The van der Waals surface area contributed by atoms with Gasteiger partial charge in [0.05, 0.1) is 16.6 Å². The fourth-order valence-electron chi connectivity index (χ4n) is 5.11. The fourth-order valence-corrected chi connectivity index (χ4v) is 5.11. The Labute approximate surface area is 219 Å². The van der Waals surface area contributed by atoms with Gasteiger partial charge in [-0.15, -0.1) is 10.2 Å². The van der Waals surface area contributed by atoms with Crippen LogP contribution in [0.25, 0.3) is 39.0 Å². The molecule has 190 valence electrons. The Balaban J connectivity index is 1.57. The van der Waals surface area contributed by atoms with E-state index < -0.39 is 5.91 Å². The minimum absolute atomic E-state index is 0.0416. The summed E-state index contributed by atoms with van der Waals surface area (Å²) in [5, 5.41) is 19.9. The lowest BCUT2D eigenvalue weighted by Gasteiger charge is -2.04. The maximum atomic E-state index is 13.9. The Bertz CT molecular complexity index is 1860. The first-order valence-corrected chi connectivity index (χ1v) is 12.8. The molecule has 8 nitrogen and oxygen atoms in total. The van der Waals surface area contributed by atoms with Gasteiger partial charge in [0.25, 0.3) is 0 Å². The minimum atomic E-state index is -0.529. The summed E-state index contributed by atoms with van der Waals surface area (Å²) in [6.07, 6.45) is 2.03. The molecule has 0 saturated carbocycles. The zero-order valence-electron chi connectivity index (χ0n) is 21.6. The van der Waals surface area contributed by atoms with Gasteiger partial charge in [0.15, 0.2) is 5.69 Å². The Morgan fingerprint density at radius 1 is 0.974 bits per heavy atom.